The molecule has 4 heteroatoms. The Labute approximate surface area is 104 Å². The summed E-state index contributed by atoms with van der Waals surface area (Å²) in [6.07, 6.45) is 3.18. The van der Waals surface area contributed by atoms with Crippen molar-refractivity contribution >= 4 is 0 Å². The van der Waals surface area contributed by atoms with Crippen LogP contribution < -0.4 is 0 Å². The largest absolute Gasteiger partial charge is 0.349 e. The molecular formula is C13H24O4. The van der Waals surface area contributed by atoms with Crippen molar-refractivity contribution in [3.05, 3.63) is 0 Å². The van der Waals surface area contributed by atoms with Crippen molar-refractivity contribution in [2.75, 3.05) is 0 Å². The molecule has 0 saturated carbocycles. The van der Waals surface area contributed by atoms with Gasteiger partial charge in [-0.25, -0.2) is 0 Å². The van der Waals surface area contributed by atoms with E-state index in [1.54, 1.807) is 0 Å². The molecule has 0 spiro atoms. The van der Waals surface area contributed by atoms with Crippen molar-refractivity contribution in [2.45, 2.75) is 84.0 Å². The lowest BCUT2D eigenvalue weighted by molar-refractivity contribution is -0.292. The molecule has 2 aliphatic heterocycles. The number of rotatable bonds is 2. The first-order valence-electron chi connectivity index (χ1n) is 6.64. The Kier molecular flexibility index (Phi) is 4.42. The Morgan fingerprint density at radius 1 is 0.647 bits per heavy atom. The zero-order chi connectivity index (χ0) is 12.4. The van der Waals surface area contributed by atoms with Gasteiger partial charge in [0.25, 0.3) is 0 Å². The van der Waals surface area contributed by atoms with Crippen molar-refractivity contribution in [1.29, 1.82) is 0 Å². The van der Waals surface area contributed by atoms with Crippen LogP contribution in [0.15, 0.2) is 0 Å². The molecule has 0 N–H and O–H groups in total. The van der Waals surface area contributed by atoms with Crippen LogP contribution in [0.3, 0.4) is 0 Å². The van der Waals surface area contributed by atoms with Gasteiger partial charge in [-0.05, 0) is 40.5 Å². The molecule has 2 saturated heterocycles. The Bertz CT molecular complexity index is 202. The summed E-state index contributed by atoms with van der Waals surface area (Å²) < 4.78 is 23.0. The molecule has 0 radical (unpaired) electrons. The van der Waals surface area contributed by atoms with Crippen molar-refractivity contribution in [3.8, 4) is 0 Å². The lowest BCUT2D eigenvalue weighted by atomic mass is 10.1. The van der Waals surface area contributed by atoms with E-state index < -0.39 is 0 Å². The summed E-state index contributed by atoms with van der Waals surface area (Å²) in [7, 11) is 0. The fourth-order valence-electron chi connectivity index (χ4n) is 2.64. The molecule has 4 atom stereocenters. The van der Waals surface area contributed by atoms with Gasteiger partial charge in [0.2, 0.25) is 0 Å². The number of hydrogen-bond donors (Lipinski definition) is 0. The highest BCUT2D eigenvalue weighted by molar-refractivity contribution is 4.70. The average Bonchev–Trinajstić information content (AvgIpc) is 2.13. The van der Waals surface area contributed by atoms with Gasteiger partial charge in [-0.3, -0.25) is 0 Å². The quantitative estimate of drug-likeness (QED) is 0.747. The van der Waals surface area contributed by atoms with Gasteiger partial charge >= 0.3 is 0 Å². The van der Waals surface area contributed by atoms with Crippen LogP contribution in [0.4, 0.5) is 0 Å². The van der Waals surface area contributed by atoms with Gasteiger partial charge < -0.3 is 18.9 Å². The molecule has 4 unspecified atom stereocenters. The molecule has 0 aromatic carbocycles. The third-order valence-corrected chi connectivity index (χ3v) is 3.25. The molecule has 2 rings (SSSR count). The second-order valence-corrected chi connectivity index (χ2v) is 5.35. The number of ether oxygens (including phenoxy) is 4. The molecule has 100 valence electrons. The molecule has 0 aromatic heterocycles. The Hall–Kier alpha value is -0.160. The average molecular weight is 244 g/mol. The highest BCUT2D eigenvalue weighted by Gasteiger charge is 2.31. The molecular weight excluding hydrogens is 220 g/mol. The van der Waals surface area contributed by atoms with Crippen LogP contribution in [0.5, 0.6) is 0 Å². The van der Waals surface area contributed by atoms with Crippen molar-refractivity contribution in [1.82, 2.24) is 0 Å². The highest BCUT2D eigenvalue weighted by Crippen LogP contribution is 2.26. The summed E-state index contributed by atoms with van der Waals surface area (Å²) >= 11 is 0. The van der Waals surface area contributed by atoms with Crippen molar-refractivity contribution in [2.24, 2.45) is 0 Å². The topological polar surface area (TPSA) is 36.9 Å². The third-order valence-electron chi connectivity index (χ3n) is 3.25. The zero-order valence-electron chi connectivity index (χ0n) is 11.2. The Morgan fingerprint density at radius 3 is 1.24 bits per heavy atom. The summed E-state index contributed by atoms with van der Waals surface area (Å²) in [5, 5.41) is 0. The minimum atomic E-state index is -0.198. The smallest absolute Gasteiger partial charge is 0.163 e. The van der Waals surface area contributed by atoms with Crippen LogP contribution in [-0.2, 0) is 18.9 Å². The summed E-state index contributed by atoms with van der Waals surface area (Å²) in [5.74, 6) is 0. The fraction of sp³-hybridized carbons (Fsp3) is 1.00. The van der Waals surface area contributed by atoms with Gasteiger partial charge in [-0.2, -0.15) is 0 Å². The third kappa shape index (κ3) is 3.91. The minimum Gasteiger partial charge on any atom is -0.349 e. The van der Waals surface area contributed by atoms with E-state index in [9.17, 15) is 0 Å². The van der Waals surface area contributed by atoms with E-state index in [0.717, 1.165) is 12.8 Å². The summed E-state index contributed by atoms with van der Waals surface area (Å²) in [4.78, 5) is 0. The zero-order valence-corrected chi connectivity index (χ0v) is 11.2. The predicted molar refractivity (Wildman–Crippen MR) is 63.6 cm³/mol. The standard InChI is InChI=1S/C13H24O4/c1-8-5-9(2)15-12(14-8)7-13-16-10(3)6-11(4)17-13/h8-13H,5-7H2,1-4H3. The molecule has 4 nitrogen and oxygen atoms in total. The normalized spacial score (nSPS) is 48.0. The predicted octanol–water partition coefficient (Wildman–Crippen LogP) is 2.46. The minimum absolute atomic E-state index is 0.198. The Balaban J connectivity index is 1.83. The van der Waals surface area contributed by atoms with Gasteiger partial charge in [0, 0.05) is 6.42 Å². The van der Waals surface area contributed by atoms with Crippen LogP contribution in [0.2, 0.25) is 0 Å². The van der Waals surface area contributed by atoms with E-state index in [1.807, 2.05) is 0 Å². The van der Waals surface area contributed by atoms with Gasteiger partial charge in [0.15, 0.2) is 12.6 Å². The Morgan fingerprint density at radius 2 is 0.941 bits per heavy atom. The molecule has 2 fully saturated rings. The van der Waals surface area contributed by atoms with Gasteiger partial charge in [-0.15, -0.1) is 0 Å². The van der Waals surface area contributed by atoms with E-state index in [4.69, 9.17) is 18.9 Å². The highest BCUT2D eigenvalue weighted by atomic mass is 16.7. The molecule has 0 aromatic rings. The van der Waals surface area contributed by atoms with E-state index >= 15 is 0 Å². The van der Waals surface area contributed by atoms with Crippen molar-refractivity contribution < 1.29 is 18.9 Å². The van der Waals surface area contributed by atoms with Gasteiger partial charge in [0.1, 0.15) is 0 Å². The van der Waals surface area contributed by atoms with E-state index in [1.165, 1.54) is 0 Å². The van der Waals surface area contributed by atoms with Crippen LogP contribution in [0, 0.1) is 0 Å². The van der Waals surface area contributed by atoms with Crippen LogP contribution in [0.1, 0.15) is 47.0 Å². The first kappa shape index (κ1) is 13.3. The first-order chi connectivity index (χ1) is 8.02. The molecule has 0 amide bonds. The SMILES string of the molecule is CC1CC(C)OC(CC2OC(C)CC(C)O2)O1. The van der Waals surface area contributed by atoms with Crippen molar-refractivity contribution in [3.63, 3.8) is 0 Å². The fourth-order valence-corrected chi connectivity index (χ4v) is 2.64. The second-order valence-electron chi connectivity index (χ2n) is 5.35. The lowest BCUT2D eigenvalue weighted by Gasteiger charge is -2.37. The van der Waals surface area contributed by atoms with E-state index in [0.29, 0.717) is 6.42 Å². The summed E-state index contributed by atoms with van der Waals surface area (Å²) in [6, 6.07) is 0. The lowest BCUT2D eigenvalue weighted by Crippen LogP contribution is -2.42. The number of hydrogen-bond acceptors (Lipinski definition) is 4. The van der Waals surface area contributed by atoms with Crippen LogP contribution >= 0.6 is 0 Å². The monoisotopic (exact) mass is 244 g/mol. The first-order valence-corrected chi connectivity index (χ1v) is 6.64. The summed E-state index contributed by atoms with van der Waals surface area (Å²) in [5.41, 5.74) is 0. The molecule has 2 heterocycles. The van der Waals surface area contributed by atoms with Crippen LogP contribution in [-0.4, -0.2) is 37.0 Å². The van der Waals surface area contributed by atoms with E-state index in [2.05, 4.69) is 27.7 Å². The van der Waals surface area contributed by atoms with Crippen LogP contribution in [0.25, 0.3) is 0 Å². The second kappa shape index (κ2) is 5.65. The maximum absolute atomic E-state index is 5.75. The van der Waals surface area contributed by atoms with E-state index in [-0.39, 0.29) is 37.0 Å². The molecule has 0 aliphatic carbocycles. The maximum atomic E-state index is 5.75. The maximum Gasteiger partial charge on any atom is 0.163 e. The van der Waals surface area contributed by atoms with Gasteiger partial charge in [0.05, 0.1) is 24.4 Å². The summed E-state index contributed by atoms with van der Waals surface area (Å²) in [6.45, 7) is 8.33. The molecule has 2 aliphatic rings. The molecule has 0 bridgehead atoms. The van der Waals surface area contributed by atoms with Gasteiger partial charge in [-0.1, -0.05) is 0 Å². The molecule has 17 heavy (non-hydrogen) atoms.